The van der Waals surface area contributed by atoms with E-state index in [9.17, 15) is 5.21 Å². The van der Waals surface area contributed by atoms with Gasteiger partial charge in [-0.05, 0) is 56.1 Å². The quantitative estimate of drug-likeness (QED) is 0.365. The summed E-state index contributed by atoms with van der Waals surface area (Å²) in [5.74, 6) is 3.19. The van der Waals surface area contributed by atoms with Crippen LogP contribution in [0.2, 0.25) is 0 Å². The van der Waals surface area contributed by atoms with Gasteiger partial charge < -0.3 is 9.94 Å². The fraction of sp³-hybridized carbons (Fsp3) is 0.632. The van der Waals surface area contributed by atoms with Crippen LogP contribution in [0.1, 0.15) is 51.0 Å². The summed E-state index contributed by atoms with van der Waals surface area (Å²) in [6.07, 6.45) is 9.16. The predicted octanol–water partition coefficient (Wildman–Crippen LogP) is 3.98. The Hall–Kier alpha value is -1.51. The molecule has 3 nitrogen and oxygen atoms in total. The van der Waals surface area contributed by atoms with Crippen molar-refractivity contribution in [2.75, 3.05) is 6.61 Å². The lowest BCUT2D eigenvalue weighted by atomic mass is 9.53. The van der Waals surface area contributed by atoms with Gasteiger partial charge in [0.15, 0.2) is 11.8 Å². The molecule has 0 aromatic heterocycles. The average molecular weight is 299 g/mol. The first-order chi connectivity index (χ1) is 10.7. The van der Waals surface area contributed by atoms with E-state index >= 15 is 0 Å². The maximum Gasteiger partial charge on any atom is 0.186 e. The lowest BCUT2D eigenvalue weighted by molar-refractivity contribution is -0.566. The van der Waals surface area contributed by atoms with Gasteiger partial charge in [-0.15, -0.1) is 0 Å². The van der Waals surface area contributed by atoms with E-state index in [1.54, 1.807) is 6.21 Å². The number of benzene rings is 1. The predicted molar refractivity (Wildman–Crippen MR) is 87.3 cm³/mol. The zero-order chi connectivity index (χ0) is 15.2. The molecule has 4 aliphatic carbocycles. The van der Waals surface area contributed by atoms with Gasteiger partial charge in [0.05, 0.1) is 12.2 Å². The summed E-state index contributed by atoms with van der Waals surface area (Å²) in [7, 11) is 0. The van der Waals surface area contributed by atoms with Crippen LogP contribution >= 0.6 is 0 Å². The first-order valence-corrected chi connectivity index (χ1v) is 8.72. The van der Waals surface area contributed by atoms with Crippen molar-refractivity contribution in [2.45, 2.75) is 51.0 Å². The smallest absolute Gasteiger partial charge is 0.186 e. The highest BCUT2D eigenvalue weighted by Crippen LogP contribution is 2.56. The Morgan fingerprint density at radius 1 is 1.14 bits per heavy atom. The fourth-order valence-electron chi connectivity index (χ4n) is 5.47. The van der Waals surface area contributed by atoms with Gasteiger partial charge in [0.1, 0.15) is 5.75 Å². The van der Waals surface area contributed by atoms with Crippen molar-refractivity contribution in [3.63, 3.8) is 0 Å². The largest absolute Gasteiger partial charge is 0.623 e. The van der Waals surface area contributed by atoms with E-state index in [0.29, 0.717) is 6.61 Å². The Labute approximate surface area is 132 Å². The third kappa shape index (κ3) is 2.31. The summed E-state index contributed by atoms with van der Waals surface area (Å²) in [5, 5.41) is 13.0. The summed E-state index contributed by atoms with van der Waals surface area (Å²) in [6.45, 7) is 2.60. The van der Waals surface area contributed by atoms with Crippen molar-refractivity contribution >= 4 is 6.21 Å². The molecule has 4 saturated carbocycles. The molecule has 0 spiro atoms. The number of ether oxygens (including phenoxy) is 1. The lowest BCUT2D eigenvalue weighted by Gasteiger charge is -2.54. The van der Waals surface area contributed by atoms with Gasteiger partial charge in [0.2, 0.25) is 0 Å². The number of para-hydroxylation sites is 1. The second-order valence-corrected chi connectivity index (χ2v) is 7.57. The average Bonchev–Trinajstić information content (AvgIpc) is 2.48. The Balaban J connectivity index is 1.65. The number of nitrogens with zero attached hydrogens (tertiary/aromatic N) is 1. The van der Waals surface area contributed by atoms with E-state index in [2.05, 4.69) is 0 Å². The number of hydroxylamine groups is 1. The van der Waals surface area contributed by atoms with Gasteiger partial charge in [-0.2, -0.15) is 0 Å². The molecule has 3 heteroatoms. The number of hydrogen-bond donors (Lipinski definition) is 0. The number of hydrogen-bond acceptors (Lipinski definition) is 2. The minimum absolute atomic E-state index is 0.131. The molecule has 1 aromatic carbocycles. The molecule has 0 N–H and O–H groups in total. The fourth-order valence-corrected chi connectivity index (χ4v) is 5.47. The van der Waals surface area contributed by atoms with E-state index in [1.807, 2.05) is 31.2 Å². The van der Waals surface area contributed by atoms with Crippen LogP contribution in [-0.4, -0.2) is 23.1 Å². The highest BCUT2D eigenvalue weighted by molar-refractivity contribution is 5.80. The third-order valence-electron chi connectivity index (χ3n) is 5.95. The Morgan fingerprint density at radius 2 is 1.73 bits per heavy atom. The Kier molecular flexibility index (Phi) is 3.39. The summed E-state index contributed by atoms with van der Waals surface area (Å²) >= 11 is 0. The Morgan fingerprint density at radius 3 is 2.32 bits per heavy atom. The van der Waals surface area contributed by atoms with E-state index in [1.165, 1.54) is 24.0 Å². The lowest BCUT2D eigenvalue weighted by Crippen LogP contribution is -2.55. The zero-order valence-electron chi connectivity index (χ0n) is 13.3. The van der Waals surface area contributed by atoms with Crippen molar-refractivity contribution in [3.05, 3.63) is 35.0 Å². The molecule has 1 aromatic rings. The molecule has 22 heavy (non-hydrogen) atoms. The summed E-state index contributed by atoms with van der Waals surface area (Å²) in [5.41, 5.74) is 0.781. The molecular weight excluding hydrogens is 274 g/mol. The van der Waals surface area contributed by atoms with Gasteiger partial charge >= 0.3 is 0 Å². The van der Waals surface area contributed by atoms with Crippen LogP contribution < -0.4 is 4.74 Å². The topological polar surface area (TPSA) is 35.3 Å². The van der Waals surface area contributed by atoms with Gasteiger partial charge in [-0.1, -0.05) is 12.1 Å². The monoisotopic (exact) mass is 299 g/mol. The second-order valence-electron chi connectivity index (χ2n) is 7.57. The highest BCUT2D eigenvalue weighted by Gasteiger charge is 2.56. The van der Waals surface area contributed by atoms with Crippen LogP contribution in [0, 0.1) is 23.0 Å². The maximum atomic E-state index is 13.0. The molecule has 4 fully saturated rings. The molecule has 0 unspecified atom stereocenters. The molecule has 0 atom stereocenters. The van der Waals surface area contributed by atoms with E-state index in [-0.39, 0.29) is 5.54 Å². The van der Waals surface area contributed by atoms with E-state index in [0.717, 1.165) is 48.3 Å². The molecule has 0 aliphatic heterocycles. The molecular formula is C19H25NO2. The zero-order valence-corrected chi connectivity index (χ0v) is 13.3. The van der Waals surface area contributed by atoms with Crippen molar-refractivity contribution in [1.29, 1.82) is 0 Å². The van der Waals surface area contributed by atoms with Gasteiger partial charge in [-0.3, -0.25) is 0 Å². The SMILES string of the molecule is CCOc1ccccc1C=[N+]([O-])C12CC3CC(CC(C3)C1)C2. The van der Waals surface area contributed by atoms with Gasteiger partial charge in [0, 0.05) is 19.3 Å². The summed E-state index contributed by atoms with van der Waals surface area (Å²) in [6, 6.07) is 7.86. The molecule has 0 radical (unpaired) electrons. The Bertz CT molecular complexity index is 558. The normalized spacial score (nSPS) is 36.6. The molecule has 0 heterocycles. The molecule has 4 aliphatic rings. The molecule has 5 rings (SSSR count). The van der Waals surface area contributed by atoms with Gasteiger partial charge in [0.25, 0.3) is 0 Å². The van der Waals surface area contributed by atoms with E-state index < -0.39 is 0 Å². The first-order valence-electron chi connectivity index (χ1n) is 8.72. The van der Waals surface area contributed by atoms with E-state index in [4.69, 9.17) is 4.74 Å². The highest BCUT2D eigenvalue weighted by atomic mass is 16.5. The third-order valence-corrected chi connectivity index (χ3v) is 5.95. The van der Waals surface area contributed by atoms with Gasteiger partial charge in [-0.25, -0.2) is 4.74 Å². The standard InChI is InChI=1S/C19H25NO2/c1-2-22-18-6-4-3-5-17(18)13-20(21)19-10-14-7-15(11-19)9-16(8-14)12-19/h3-6,13-16H,2,7-12H2,1H3. The van der Waals surface area contributed by atoms with Crippen molar-refractivity contribution < 1.29 is 9.48 Å². The van der Waals surface area contributed by atoms with Crippen molar-refractivity contribution in [2.24, 2.45) is 17.8 Å². The summed E-state index contributed by atoms with van der Waals surface area (Å²) < 4.78 is 6.96. The summed E-state index contributed by atoms with van der Waals surface area (Å²) in [4.78, 5) is 0. The van der Waals surface area contributed by atoms with Crippen molar-refractivity contribution in [1.82, 2.24) is 0 Å². The number of rotatable bonds is 4. The van der Waals surface area contributed by atoms with Crippen LogP contribution in [-0.2, 0) is 0 Å². The van der Waals surface area contributed by atoms with Crippen molar-refractivity contribution in [3.8, 4) is 5.75 Å². The van der Waals surface area contributed by atoms with Crippen LogP contribution in [0.4, 0.5) is 0 Å². The first kappa shape index (κ1) is 14.1. The minimum atomic E-state index is -0.131. The molecule has 4 bridgehead atoms. The maximum absolute atomic E-state index is 13.0. The second kappa shape index (κ2) is 5.29. The molecule has 0 saturated heterocycles. The van der Waals surface area contributed by atoms with Crippen LogP contribution in [0.25, 0.3) is 0 Å². The van der Waals surface area contributed by atoms with Crippen LogP contribution in [0.15, 0.2) is 24.3 Å². The van der Waals surface area contributed by atoms with Crippen LogP contribution in [0.3, 0.4) is 0 Å². The molecule has 0 amide bonds. The minimum Gasteiger partial charge on any atom is -0.623 e. The molecule has 118 valence electrons. The van der Waals surface area contributed by atoms with Crippen LogP contribution in [0.5, 0.6) is 5.75 Å².